The molecular formula is C19H17N3O3. The lowest BCUT2D eigenvalue weighted by Gasteiger charge is -2.29. The van der Waals surface area contributed by atoms with Crippen molar-refractivity contribution in [3.63, 3.8) is 0 Å². The minimum absolute atomic E-state index is 0.225. The van der Waals surface area contributed by atoms with Crippen LogP contribution < -0.4 is 11.2 Å². The molecule has 3 aromatic rings. The Bertz CT molecular complexity index is 1080. The van der Waals surface area contributed by atoms with Crippen molar-refractivity contribution >= 4 is 16.8 Å². The molecule has 0 radical (unpaired) electrons. The lowest BCUT2D eigenvalue weighted by molar-refractivity contribution is -0.132. The summed E-state index contributed by atoms with van der Waals surface area (Å²) in [5.41, 5.74) is 1.84. The highest BCUT2D eigenvalue weighted by molar-refractivity contribution is 5.79. The molecule has 0 atom stereocenters. The van der Waals surface area contributed by atoms with Crippen molar-refractivity contribution < 1.29 is 4.79 Å². The first-order valence-electron chi connectivity index (χ1n) is 8.20. The third kappa shape index (κ3) is 2.76. The largest absolute Gasteiger partial charge is 0.336 e. The zero-order valence-corrected chi connectivity index (χ0v) is 13.6. The second-order valence-corrected chi connectivity index (χ2v) is 6.20. The molecule has 6 nitrogen and oxygen atoms in total. The van der Waals surface area contributed by atoms with Gasteiger partial charge in [0.05, 0.1) is 10.9 Å². The van der Waals surface area contributed by atoms with Crippen LogP contribution in [-0.4, -0.2) is 26.9 Å². The fraction of sp³-hybridized carbons (Fsp3) is 0.211. The van der Waals surface area contributed by atoms with Gasteiger partial charge in [-0.05, 0) is 29.7 Å². The standard InChI is InChI=1S/C19H17N3O3/c23-17(21-10-9-13-5-1-2-6-14(13)11-21)12-22-18(24)15-7-3-4-8-16(15)20-19(22)25/h1-8H,9-12H2,(H,20,25). The maximum Gasteiger partial charge on any atom is 0.329 e. The summed E-state index contributed by atoms with van der Waals surface area (Å²) in [6, 6.07) is 14.8. The highest BCUT2D eigenvalue weighted by Crippen LogP contribution is 2.18. The molecule has 6 heteroatoms. The van der Waals surface area contributed by atoms with Crippen molar-refractivity contribution in [1.29, 1.82) is 0 Å². The number of nitrogens with zero attached hydrogens (tertiary/aromatic N) is 2. The van der Waals surface area contributed by atoms with Crippen molar-refractivity contribution in [1.82, 2.24) is 14.5 Å². The molecule has 2 heterocycles. The third-order valence-electron chi connectivity index (χ3n) is 4.67. The molecule has 1 aliphatic heterocycles. The summed E-state index contributed by atoms with van der Waals surface area (Å²) >= 11 is 0. The maximum atomic E-state index is 12.6. The van der Waals surface area contributed by atoms with E-state index in [1.807, 2.05) is 18.2 Å². The van der Waals surface area contributed by atoms with E-state index < -0.39 is 11.2 Å². The number of hydrogen-bond donors (Lipinski definition) is 1. The monoisotopic (exact) mass is 335 g/mol. The topological polar surface area (TPSA) is 75.2 Å². The molecule has 1 N–H and O–H groups in total. The lowest BCUT2D eigenvalue weighted by Crippen LogP contribution is -2.43. The molecule has 0 unspecified atom stereocenters. The minimum atomic E-state index is -0.561. The van der Waals surface area contributed by atoms with E-state index in [1.165, 1.54) is 5.56 Å². The van der Waals surface area contributed by atoms with Gasteiger partial charge in [0.25, 0.3) is 5.56 Å². The first kappa shape index (κ1) is 15.4. The van der Waals surface area contributed by atoms with E-state index in [0.717, 1.165) is 16.6 Å². The van der Waals surface area contributed by atoms with Gasteiger partial charge in [-0.3, -0.25) is 14.2 Å². The van der Waals surface area contributed by atoms with E-state index in [-0.39, 0.29) is 12.5 Å². The summed E-state index contributed by atoms with van der Waals surface area (Å²) in [6.07, 6.45) is 0.783. The van der Waals surface area contributed by atoms with E-state index in [0.29, 0.717) is 24.0 Å². The van der Waals surface area contributed by atoms with E-state index in [9.17, 15) is 14.4 Å². The molecule has 0 fully saturated rings. The highest BCUT2D eigenvalue weighted by Gasteiger charge is 2.21. The number of H-pyrrole nitrogens is 1. The number of carbonyl (C=O) groups is 1. The van der Waals surface area contributed by atoms with Crippen LogP contribution in [0.1, 0.15) is 11.1 Å². The van der Waals surface area contributed by atoms with Crippen LogP contribution in [0.5, 0.6) is 0 Å². The average Bonchev–Trinajstić information content (AvgIpc) is 2.64. The summed E-state index contributed by atoms with van der Waals surface area (Å²) in [5.74, 6) is -0.225. The third-order valence-corrected chi connectivity index (χ3v) is 4.67. The fourth-order valence-corrected chi connectivity index (χ4v) is 3.29. The number of rotatable bonds is 2. The molecule has 1 aliphatic rings. The average molecular weight is 335 g/mol. The second kappa shape index (κ2) is 6.05. The SMILES string of the molecule is O=C(Cn1c(=O)[nH]c2ccccc2c1=O)N1CCc2ccccc2C1. The normalized spacial score (nSPS) is 13.7. The van der Waals surface area contributed by atoms with Crippen LogP contribution in [0.4, 0.5) is 0 Å². The number of carbonyl (C=O) groups excluding carboxylic acids is 1. The Morgan fingerprint density at radius 3 is 2.56 bits per heavy atom. The quantitative estimate of drug-likeness (QED) is 0.766. The van der Waals surface area contributed by atoms with Gasteiger partial charge in [0.1, 0.15) is 6.54 Å². The van der Waals surface area contributed by atoms with Crippen LogP contribution in [0.25, 0.3) is 10.9 Å². The fourth-order valence-electron chi connectivity index (χ4n) is 3.29. The maximum absolute atomic E-state index is 12.6. The zero-order valence-electron chi connectivity index (χ0n) is 13.6. The number of amides is 1. The number of aromatic amines is 1. The minimum Gasteiger partial charge on any atom is -0.336 e. The van der Waals surface area contributed by atoms with Crippen LogP contribution in [0, 0.1) is 0 Å². The Kier molecular flexibility index (Phi) is 3.72. The van der Waals surface area contributed by atoms with Crippen LogP contribution in [0.3, 0.4) is 0 Å². The predicted molar refractivity (Wildman–Crippen MR) is 94.4 cm³/mol. The molecular weight excluding hydrogens is 318 g/mol. The van der Waals surface area contributed by atoms with Gasteiger partial charge < -0.3 is 9.88 Å². The van der Waals surface area contributed by atoms with E-state index in [2.05, 4.69) is 11.1 Å². The van der Waals surface area contributed by atoms with Crippen molar-refractivity contribution in [3.05, 3.63) is 80.5 Å². The van der Waals surface area contributed by atoms with Crippen LogP contribution in [0.2, 0.25) is 0 Å². The summed E-state index contributed by atoms with van der Waals surface area (Å²) in [6.45, 7) is 0.854. The Labute approximate surface area is 143 Å². The number of hydrogen-bond acceptors (Lipinski definition) is 3. The number of para-hydroxylation sites is 1. The molecule has 0 spiro atoms. The van der Waals surface area contributed by atoms with Crippen molar-refractivity contribution in [2.75, 3.05) is 6.54 Å². The molecule has 2 aromatic carbocycles. The van der Waals surface area contributed by atoms with Gasteiger partial charge in [-0.25, -0.2) is 4.79 Å². The van der Waals surface area contributed by atoms with Gasteiger partial charge in [0.15, 0.2) is 0 Å². The van der Waals surface area contributed by atoms with E-state index in [4.69, 9.17) is 0 Å². The molecule has 0 bridgehead atoms. The van der Waals surface area contributed by atoms with Crippen LogP contribution >= 0.6 is 0 Å². The van der Waals surface area contributed by atoms with Gasteiger partial charge in [-0.1, -0.05) is 36.4 Å². The number of nitrogens with one attached hydrogen (secondary N) is 1. The molecule has 0 saturated heterocycles. The number of fused-ring (bicyclic) bond motifs is 2. The Balaban J connectivity index is 1.63. The molecule has 1 aromatic heterocycles. The smallest absolute Gasteiger partial charge is 0.329 e. The van der Waals surface area contributed by atoms with Crippen molar-refractivity contribution in [2.24, 2.45) is 0 Å². The van der Waals surface area contributed by atoms with E-state index in [1.54, 1.807) is 29.2 Å². The van der Waals surface area contributed by atoms with Gasteiger partial charge in [0.2, 0.25) is 5.91 Å². The van der Waals surface area contributed by atoms with Crippen LogP contribution in [0.15, 0.2) is 58.1 Å². The summed E-state index contributed by atoms with van der Waals surface area (Å²) < 4.78 is 0.977. The first-order chi connectivity index (χ1) is 12.1. The van der Waals surface area contributed by atoms with E-state index >= 15 is 0 Å². The van der Waals surface area contributed by atoms with Gasteiger partial charge in [-0.15, -0.1) is 0 Å². The number of aromatic nitrogens is 2. The summed E-state index contributed by atoms with van der Waals surface area (Å²) in [5, 5.41) is 0.402. The molecule has 0 aliphatic carbocycles. The molecule has 4 rings (SSSR count). The molecule has 25 heavy (non-hydrogen) atoms. The van der Waals surface area contributed by atoms with Crippen LogP contribution in [-0.2, 0) is 24.3 Å². The lowest BCUT2D eigenvalue weighted by atomic mass is 10.00. The predicted octanol–water partition coefficient (Wildman–Crippen LogP) is 1.27. The summed E-state index contributed by atoms with van der Waals surface area (Å²) in [4.78, 5) is 41.7. The Morgan fingerprint density at radius 1 is 1.00 bits per heavy atom. The Hall–Kier alpha value is -3.15. The molecule has 0 saturated carbocycles. The van der Waals surface area contributed by atoms with Gasteiger partial charge >= 0.3 is 5.69 Å². The second-order valence-electron chi connectivity index (χ2n) is 6.20. The van der Waals surface area contributed by atoms with Gasteiger partial charge in [0, 0.05) is 13.1 Å². The zero-order chi connectivity index (χ0) is 17.4. The first-order valence-corrected chi connectivity index (χ1v) is 8.20. The molecule has 126 valence electrons. The number of benzene rings is 2. The van der Waals surface area contributed by atoms with Gasteiger partial charge in [-0.2, -0.15) is 0 Å². The summed E-state index contributed by atoms with van der Waals surface area (Å²) in [7, 11) is 0. The highest BCUT2D eigenvalue weighted by atomic mass is 16.2. The Morgan fingerprint density at radius 2 is 1.72 bits per heavy atom. The van der Waals surface area contributed by atoms with Crippen molar-refractivity contribution in [3.8, 4) is 0 Å². The van der Waals surface area contributed by atoms with Crippen molar-refractivity contribution in [2.45, 2.75) is 19.5 Å². The molecule has 1 amide bonds.